The number of aldehydes is 1. The maximum Gasteiger partial charge on any atom is 0.311 e. The van der Waals surface area contributed by atoms with Gasteiger partial charge in [0.2, 0.25) is 0 Å². The van der Waals surface area contributed by atoms with E-state index in [1.54, 1.807) is 12.1 Å². The molecule has 0 amide bonds. The van der Waals surface area contributed by atoms with E-state index in [0.29, 0.717) is 22.3 Å². The van der Waals surface area contributed by atoms with E-state index in [-0.39, 0.29) is 29.1 Å². The minimum atomic E-state index is -0.539. The van der Waals surface area contributed by atoms with Gasteiger partial charge in [0.15, 0.2) is 0 Å². The van der Waals surface area contributed by atoms with Crippen LogP contribution in [0, 0.1) is 28.6 Å². The molecule has 2 fully saturated rings. The lowest BCUT2D eigenvalue weighted by molar-refractivity contribution is -0.173. The molecule has 7 nitrogen and oxygen atoms in total. The van der Waals surface area contributed by atoms with Gasteiger partial charge in [-0.15, -0.1) is 0 Å². The first-order valence-corrected chi connectivity index (χ1v) is 13.5. The molecule has 0 saturated heterocycles. The Morgan fingerprint density at radius 1 is 0.947 bits per heavy atom. The summed E-state index contributed by atoms with van der Waals surface area (Å²) in [6, 6.07) is 9.11. The summed E-state index contributed by atoms with van der Waals surface area (Å²) < 4.78 is 16.1. The van der Waals surface area contributed by atoms with Gasteiger partial charge in [-0.1, -0.05) is 25.5 Å². The molecular formula is C31H38O7. The standard InChI is InChI=1S/C31H38O7/c1-19(33)37-26-12-13-27(38-20(2)34)24-17-21(7-10-23(24)26)8-11-25-22(18-32)9-14-28-30(25,3)15-6-16-31(28,4)29(35)36-5/h7,10,12-13,17-18,22,25,28H,6,8-9,11,14-16H2,1-5H3/t22-,25+,28-,30-,31+/m1/s1. The number of esters is 3. The highest BCUT2D eigenvalue weighted by Crippen LogP contribution is 2.62. The van der Waals surface area contributed by atoms with Crippen molar-refractivity contribution in [3.63, 3.8) is 0 Å². The maximum atomic E-state index is 12.9. The van der Waals surface area contributed by atoms with E-state index in [1.165, 1.54) is 21.0 Å². The number of carbonyl (C=O) groups excluding carboxylic acids is 4. The Bertz CT molecular complexity index is 1250. The van der Waals surface area contributed by atoms with Crippen LogP contribution in [-0.2, 0) is 30.3 Å². The monoisotopic (exact) mass is 522 g/mol. The van der Waals surface area contributed by atoms with Crippen LogP contribution in [0.5, 0.6) is 11.5 Å². The van der Waals surface area contributed by atoms with Crippen molar-refractivity contribution in [3.05, 3.63) is 35.9 Å². The summed E-state index contributed by atoms with van der Waals surface area (Å²) in [7, 11) is 1.46. The highest BCUT2D eigenvalue weighted by molar-refractivity contribution is 5.96. The number of rotatable bonds is 7. The van der Waals surface area contributed by atoms with E-state index >= 15 is 0 Å². The summed E-state index contributed by atoms with van der Waals surface area (Å²) in [6.45, 7) is 7.00. The zero-order valence-electron chi connectivity index (χ0n) is 23.0. The van der Waals surface area contributed by atoms with E-state index in [1.807, 2.05) is 25.1 Å². The van der Waals surface area contributed by atoms with Crippen LogP contribution in [0.3, 0.4) is 0 Å². The second kappa shape index (κ2) is 10.9. The fourth-order valence-corrected chi connectivity index (χ4v) is 7.54. The average molecular weight is 523 g/mol. The van der Waals surface area contributed by atoms with Crippen LogP contribution in [0.2, 0.25) is 0 Å². The first-order valence-electron chi connectivity index (χ1n) is 13.5. The summed E-state index contributed by atoms with van der Waals surface area (Å²) >= 11 is 0. The van der Waals surface area contributed by atoms with Crippen molar-refractivity contribution in [1.29, 1.82) is 0 Å². The number of fused-ring (bicyclic) bond motifs is 2. The molecule has 2 saturated carbocycles. The molecule has 0 radical (unpaired) electrons. The van der Waals surface area contributed by atoms with Crippen LogP contribution in [0.1, 0.15) is 71.8 Å². The van der Waals surface area contributed by atoms with Crippen LogP contribution in [-0.4, -0.2) is 31.3 Å². The maximum absolute atomic E-state index is 12.9. The molecule has 0 spiro atoms. The van der Waals surface area contributed by atoms with Gasteiger partial charge in [0, 0.05) is 30.5 Å². The number of ether oxygens (including phenoxy) is 3. The van der Waals surface area contributed by atoms with Gasteiger partial charge >= 0.3 is 17.9 Å². The van der Waals surface area contributed by atoms with Gasteiger partial charge in [0.1, 0.15) is 17.8 Å². The predicted octanol–water partition coefficient (Wildman–Crippen LogP) is 5.83. The van der Waals surface area contributed by atoms with Crippen LogP contribution in [0.25, 0.3) is 10.8 Å². The van der Waals surface area contributed by atoms with Crippen LogP contribution >= 0.6 is 0 Å². The summed E-state index contributed by atoms with van der Waals surface area (Å²) in [6.07, 6.45) is 6.99. The molecule has 204 valence electrons. The quantitative estimate of drug-likeness (QED) is 0.256. The third kappa shape index (κ3) is 5.07. The molecule has 2 aromatic carbocycles. The van der Waals surface area contributed by atoms with E-state index in [4.69, 9.17) is 14.2 Å². The van der Waals surface area contributed by atoms with Crippen LogP contribution in [0.4, 0.5) is 0 Å². The molecule has 7 heteroatoms. The Kier molecular flexibility index (Phi) is 7.96. The third-order valence-electron chi connectivity index (χ3n) is 9.21. The highest BCUT2D eigenvalue weighted by atomic mass is 16.5. The second-order valence-electron chi connectivity index (χ2n) is 11.5. The van der Waals surface area contributed by atoms with E-state index in [9.17, 15) is 19.2 Å². The molecule has 0 heterocycles. The molecule has 4 rings (SSSR count). The lowest BCUT2D eigenvalue weighted by Gasteiger charge is -2.58. The van der Waals surface area contributed by atoms with Gasteiger partial charge in [0.05, 0.1) is 12.5 Å². The molecule has 0 N–H and O–H groups in total. The van der Waals surface area contributed by atoms with Gasteiger partial charge in [-0.05, 0) is 86.5 Å². The largest absolute Gasteiger partial charge is 0.469 e. The highest BCUT2D eigenvalue weighted by Gasteiger charge is 2.58. The molecule has 38 heavy (non-hydrogen) atoms. The van der Waals surface area contributed by atoms with Crippen molar-refractivity contribution in [3.8, 4) is 11.5 Å². The fraction of sp³-hybridized carbons (Fsp3) is 0.548. The number of hydrogen-bond donors (Lipinski definition) is 0. The van der Waals surface area contributed by atoms with Crippen molar-refractivity contribution in [2.75, 3.05) is 7.11 Å². The summed E-state index contributed by atoms with van der Waals surface area (Å²) in [5.74, 6) is 0.0521. The Morgan fingerprint density at radius 3 is 2.21 bits per heavy atom. The molecule has 0 aromatic heterocycles. The number of aryl methyl sites for hydroxylation is 1. The molecular weight excluding hydrogens is 484 g/mol. The molecule has 0 bridgehead atoms. The molecule has 5 atom stereocenters. The van der Waals surface area contributed by atoms with Gasteiger partial charge in [-0.2, -0.15) is 0 Å². The normalized spacial score (nSPS) is 28.7. The molecule has 2 aromatic rings. The lowest BCUT2D eigenvalue weighted by atomic mass is 9.45. The van der Waals surface area contributed by atoms with Crippen molar-refractivity contribution in [2.24, 2.45) is 28.6 Å². The topological polar surface area (TPSA) is 96.0 Å². The molecule has 2 aliphatic rings. The van der Waals surface area contributed by atoms with Crippen molar-refractivity contribution < 1.29 is 33.4 Å². The molecule has 2 aliphatic carbocycles. The third-order valence-corrected chi connectivity index (χ3v) is 9.21. The van der Waals surface area contributed by atoms with Gasteiger partial charge in [0.25, 0.3) is 0 Å². The number of methoxy groups -OCH3 is 1. The minimum Gasteiger partial charge on any atom is -0.469 e. The first kappa shape index (κ1) is 27.8. The zero-order valence-corrected chi connectivity index (χ0v) is 23.0. The molecule has 0 unspecified atom stereocenters. The van der Waals surface area contributed by atoms with Crippen molar-refractivity contribution >= 4 is 35.0 Å². The fourth-order valence-electron chi connectivity index (χ4n) is 7.54. The Labute approximate surface area is 224 Å². The first-order chi connectivity index (χ1) is 18.0. The second-order valence-corrected chi connectivity index (χ2v) is 11.5. The SMILES string of the molecule is COC(=O)[C@@]1(C)CCC[C@@]2(C)[C@H]1CC[C@H](C=O)[C@@H]2CCc1ccc2c(OC(C)=O)ccc(OC(C)=O)c2c1. The number of benzene rings is 2. The number of carbonyl (C=O) groups is 4. The Hall–Kier alpha value is -3.22. The minimum absolute atomic E-state index is 0.0520. The van der Waals surface area contributed by atoms with Crippen molar-refractivity contribution in [2.45, 2.75) is 72.6 Å². The Morgan fingerprint density at radius 2 is 1.61 bits per heavy atom. The van der Waals surface area contributed by atoms with E-state index < -0.39 is 17.4 Å². The van der Waals surface area contributed by atoms with E-state index in [2.05, 4.69) is 6.92 Å². The Balaban J connectivity index is 1.66. The van der Waals surface area contributed by atoms with Gasteiger partial charge in [-0.25, -0.2) is 0 Å². The summed E-state index contributed by atoms with van der Waals surface area (Å²) in [4.78, 5) is 48.4. The zero-order chi connectivity index (χ0) is 27.7. The van der Waals surface area contributed by atoms with Crippen LogP contribution < -0.4 is 9.47 Å². The smallest absolute Gasteiger partial charge is 0.311 e. The van der Waals surface area contributed by atoms with Gasteiger partial charge < -0.3 is 19.0 Å². The molecule has 0 aliphatic heterocycles. The predicted molar refractivity (Wildman–Crippen MR) is 143 cm³/mol. The number of hydrogen-bond acceptors (Lipinski definition) is 7. The van der Waals surface area contributed by atoms with Crippen LogP contribution in [0.15, 0.2) is 30.3 Å². The van der Waals surface area contributed by atoms with Gasteiger partial charge in [-0.3, -0.25) is 14.4 Å². The van der Waals surface area contributed by atoms with Crippen molar-refractivity contribution in [1.82, 2.24) is 0 Å². The lowest BCUT2D eigenvalue weighted by Crippen LogP contribution is -2.55. The summed E-state index contributed by atoms with van der Waals surface area (Å²) in [5, 5.41) is 1.37. The average Bonchev–Trinajstić information content (AvgIpc) is 2.87. The summed E-state index contributed by atoms with van der Waals surface area (Å²) in [5.41, 5.74) is 0.351. The van der Waals surface area contributed by atoms with E-state index in [0.717, 1.165) is 56.8 Å².